The van der Waals surface area contributed by atoms with Crippen molar-refractivity contribution in [3.63, 3.8) is 0 Å². The number of aromatic nitrogens is 2. The topological polar surface area (TPSA) is 137 Å². The number of imidazole rings is 1. The maximum atomic E-state index is 14.2. The van der Waals surface area contributed by atoms with Gasteiger partial charge in [0.25, 0.3) is 5.91 Å². The van der Waals surface area contributed by atoms with E-state index in [2.05, 4.69) is 22.6 Å². The first-order valence-electron chi connectivity index (χ1n) is 10.8. The molecule has 180 valence electrons. The smallest absolute Gasteiger partial charge is 0.268 e. The molecular formula is C23H27F2N7O2. The van der Waals surface area contributed by atoms with E-state index in [-0.39, 0.29) is 23.6 Å². The molecule has 9 nitrogen and oxygen atoms in total. The van der Waals surface area contributed by atoms with Gasteiger partial charge in [0, 0.05) is 42.8 Å². The Kier molecular flexibility index (Phi) is 6.66. The Hall–Kier alpha value is -3.70. The summed E-state index contributed by atoms with van der Waals surface area (Å²) in [4.78, 5) is 16.9. The number of halogens is 2. The first-order valence-corrected chi connectivity index (χ1v) is 10.8. The number of pyridine rings is 1. The highest BCUT2D eigenvalue weighted by Gasteiger charge is 2.25. The lowest BCUT2D eigenvalue weighted by molar-refractivity contribution is -0.117. The van der Waals surface area contributed by atoms with Crippen LogP contribution in [0.4, 0.5) is 8.78 Å². The van der Waals surface area contributed by atoms with Gasteiger partial charge < -0.3 is 30.9 Å². The zero-order valence-electron chi connectivity index (χ0n) is 18.7. The van der Waals surface area contributed by atoms with Gasteiger partial charge in [0.1, 0.15) is 17.2 Å². The van der Waals surface area contributed by atoms with Gasteiger partial charge in [-0.2, -0.15) is 0 Å². The van der Waals surface area contributed by atoms with Crippen LogP contribution >= 0.6 is 0 Å². The average molecular weight is 472 g/mol. The third-order valence-electron chi connectivity index (χ3n) is 5.68. The monoisotopic (exact) mass is 471 g/mol. The largest absolute Gasteiger partial charge is 0.494 e. The van der Waals surface area contributed by atoms with E-state index in [1.54, 1.807) is 0 Å². The second kappa shape index (κ2) is 9.65. The van der Waals surface area contributed by atoms with Crippen LogP contribution in [0.25, 0.3) is 5.65 Å². The minimum atomic E-state index is -0.889. The lowest BCUT2D eigenvalue weighted by Crippen LogP contribution is -2.33. The van der Waals surface area contributed by atoms with Gasteiger partial charge in [0.05, 0.1) is 19.3 Å². The molecular weight excluding hydrogens is 444 g/mol. The number of carbonyl (C=O) groups excluding carboxylic acids is 1. The third kappa shape index (κ3) is 4.95. The van der Waals surface area contributed by atoms with Crippen molar-refractivity contribution in [2.24, 2.45) is 17.3 Å². The number of benzene rings is 1. The standard InChI is InChI=1S/C23H27F2N7O2/c1-34-20-5-4-18(24)17(21(20)25)8-29-23(33)19(27)12-32(28)11-16-10-31-9-15(13-2-3-13)6-14(7-26)22(31)30-16/h4-6,9-10,12-13H,2-3,7-8,11,26-28H2,1H3,(H,29,33)/b19-12-. The van der Waals surface area contributed by atoms with Crippen LogP contribution in [0.1, 0.15) is 41.1 Å². The van der Waals surface area contributed by atoms with E-state index in [0.717, 1.165) is 17.3 Å². The van der Waals surface area contributed by atoms with Crippen LogP contribution in [-0.2, 0) is 24.4 Å². The zero-order chi connectivity index (χ0) is 24.4. The second-order valence-corrected chi connectivity index (χ2v) is 8.22. The van der Waals surface area contributed by atoms with E-state index in [0.29, 0.717) is 18.2 Å². The molecule has 0 unspecified atom stereocenters. The molecule has 0 saturated heterocycles. The van der Waals surface area contributed by atoms with Gasteiger partial charge in [-0.15, -0.1) is 0 Å². The van der Waals surface area contributed by atoms with Crippen LogP contribution < -0.4 is 27.4 Å². The molecule has 2 aromatic heterocycles. The van der Waals surface area contributed by atoms with Crippen LogP contribution in [0.15, 0.2) is 42.5 Å². The summed E-state index contributed by atoms with van der Waals surface area (Å²) in [6.45, 7) is 0.135. The lowest BCUT2D eigenvalue weighted by atomic mass is 10.1. The molecule has 4 rings (SSSR count). The minimum absolute atomic E-state index is 0.128. The molecule has 1 saturated carbocycles. The molecule has 11 heteroatoms. The van der Waals surface area contributed by atoms with E-state index in [1.165, 1.54) is 42.8 Å². The van der Waals surface area contributed by atoms with Crippen molar-refractivity contribution < 1.29 is 18.3 Å². The summed E-state index contributed by atoms with van der Waals surface area (Å²) >= 11 is 0. The molecule has 0 aliphatic heterocycles. The highest BCUT2D eigenvalue weighted by Crippen LogP contribution is 2.40. The highest BCUT2D eigenvalue weighted by molar-refractivity contribution is 5.92. The maximum absolute atomic E-state index is 14.2. The summed E-state index contributed by atoms with van der Waals surface area (Å²) in [5.74, 6) is 4.02. The Balaban J connectivity index is 1.42. The number of ether oxygens (including phenoxy) is 1. The number of hydrazine groups is 1. The van der Waals surface area contributed by atoms with Crippen molar-refractivity contribution in [3.05, 3.63) is 76.5 Å². The number of nitrogens with one attached hydrogen (secondary N) is 1. The van der Waals surface area contributed by atoms with Crippen LogP contribution in [0.5, 0.6) is 5.75 Å². The van der Waals surface area contributed by atoms with Gasteiger partial charge in [-0.05, 0) is 42.5 Å². The number of methoxy groups -OCH3 is 1. The summed E-state index contributed by atoms with van der Waals surface area (Å²) in [7, 11) is 1.27. The fourth-order valence-electron chi connectivity index (χ4n) is 3.75. The molecule has 1 amide bonds. The number of nitrogens with zero attached hydrogens (tertiary/aromatic N) is 3. The number of amides is 1. The Bertz CT molecular complexity index is 1250. The van der Waals surface area contributed by atoms with Crippen molar-refractivity contribution >= 4 is 11.6 Å². The fraction of sp³-hybridized carbons (Fsp3) is 0.304. The number of carbonyl (C=O) groups is 1. The first kappa shape index (κ1) is 23.5. The first-order chi connectivity index (χ1) is 16.3. The Morgan fingerprint density at radius 3 is 2.79 bits per heavy atom. The Morgan fingerprint density at radius 1 is 1.35 bits per heavy atom. The molecule has 1 aliphatic rings. The zero-order valence-corrected chi connectivity index (χ0v) is 18.7. The summed E-state index contributed by atoms with van der Waals surface area (Å²) in [6, 6.07) is 4.32. The molecule has 0 atom stereocenters. The second-order valence-electron chi connectivity index (χ2n) is 8.22. The predicted octanol–water partition coefficient (Wildman–Crippen LogP) is 1.75. The van der Waals surface area contributed by atoms with Gasteiger partial charge in [-0.3, -0.25) is 4.79 Å². The maximum Gasteiger partial charge on any atom is 0.268 e. The van der Waals surface area contributed by atoms with E-state index in [1.807, 2.05) is 10.6 Å². The molecule has 2 heterocycles. The van der Waals surface area contributed by atoms with Crippen molar-refractivity contribution in [2.75, 3.05) is 7.11 Å². The molecule has 0 spiro atoms. The third-order valence-corrected chi connectivity index (χ3v) is 5.68. The number of hydrogen-bond acceptors (Lipinski definition) is 7. The van der Waals surface area contributed by atoms with Gasteiger partial charge in [-0.1, -0.05) is 0 Å². The van der Waals surface area contributed by atoms with Crippen molar-refractivity contribution in [1.29, 1.82) is 0 Å². The van der Waals surface area contributed by atoms with Gasteiger partial charge >= 0.3 is 0 Å². The predicted molar refractivity (Wildman–Crippen MR) is 122 cm³/mol. The quantitative estimate of drug-likeness (QED) is 0.212. The molecule has 1 aliphatic carbocycles. The molecule has 1 fully saturated rings. The fourth-order valence-corrected chi connectivity index (χ4v) is 3.75. The van der Waals surface area contributed by atoms with Crippen LogP contribution in [-0.4, -0.2) is 27.4 Å². The van der Waals surface area contributed by atoms with Crippen LogP contribution in [0.2, 0.25) is 0 Å². The summed E-state index contributed by atoms with van der Waals surface area (Å²) in [6.07, 6.45) is 7.50. The van der Waals surface area contributed by atoms with Crippen LogP contribution in [0, 0.1) is 11.6 Å². The summed E-state index contributed by atoms with van der Waals surface area (Å²) < 4.78 is 35.0. The van der Waals surface area contributed by atoms with E-state index in [9.17, 15) is 13.6 Å². The van der Waals surface area contributed by atoms with E-state index in [4.69, 9.17) is 22.0 Å². The molecule has 1 aromatic carbocycles. The molecule has 3 aromatic rings. The number of nitrogens with two attached hydrogens (primary N) is 3. The number of fused-ring (bicyclic) bond motifs is 1. The SMILES string of the molecule is COc1ccc(F)c(CNC(=O)/C(N)=C/N(N)Cc2cn3cc(C4CC4)cc(CN)c3n2)c1F. The van der Waals surface area contributed by atoms with Gasteiger partial charge in [0.15, 0.2) is 11.6 Å². The van der Waals surface area contributed by atoms with Crippen molar-refractivity contribution in [1.82, 2.24) is 19.7 Å². The van der Waals surface area contributed by atoms with Crippen LogP contribution in [0.3, 0.4) is 0 Å². The molecule has 34 heavy (non-hydrogen) atoms. The highest BCUT2D eigenvalue weighted by atomic mass is 19.1. The van der Waals surface area contributed by atoms with E-state index >= 15 is 0 Å². The van der Waals surface area contributed by atoms with E-state index < -0.39 is 24.1 Å². The van der Waals surface area contributed by atoms with Crippen molar-refractivity contribution in [2.45, 2.75) is 38.4 Å². The molecule has 7 N–H and O–H groups in total. The Morgan fingerprint density at radius 2 is 2.12 bits per heavy atom. The Labute approximate surface area is 195 Å². The lowest BCUT2D eigenvalue weighted by Gasteiger charge is -2.14. The van der Waals surface area contributed by atoms with Crippen molar-refractivity contribution in [3.8, 4) is 5.75 Å². The summed E-state index contributed by atoms with van der Waals surface area (Å²) in [5, 5.41) is 3.59. The number of hydrogen-bond donors (Lipinski definition) is 4. The molecule has 0 bridgehead atoms. The summed E-state index contributed by atoms with van der Waals surface area (Å²) in [5.41, 5.74) is 14.8. The minimum Gasteiger partial charge on any atom is -0.494 e. The van der Waals surface area contributed by atoms with Gasteiger partial charge in [-0.25, -0.2) is 19.6 Å². The van der Waals surface area contributed by atoms with Gasteiger partial charge in [0.2, 0.25) is 0 Å². The average Bonchev–Trinajstić information content (AvgIpc) is 3.58. The molecule has 0 radical (unpaired) electrons. The number of rotatable bonds is 9. The normalized spacial score (nSPS) is 13.9.